The van der Waals surface area contributed by atoms with Gasteiger partial charge in [0.25, 0.3) is 0 Å². The molecule has 2 heterocycles. The summed E-state index contributed by atoms with van der Waals surface area (Å²) in [6, 6.07) is 8.59. The zero-order valence-electron chi connectivity index (χ0n) is 15.7. The summed E-state index contributed by atoms with van der Waals surface area (Å²) in [6.07, 6.45) is 0.842. The van der Waals surface area contributed by atoms with Crippen molar-refractivity contribution in [1.29, 1.82) is 0 Å². The van der Waals surface area contributed by atoms with Gasteiger partial charge in [-0.3, -0.25) is 0 Å². The van der Waals surface area contributed by atoms with Gasteiger partial charge in [0.05, 0.1) is 24.6 Å². The third-order valence-electron chi connectivity index (χ3n) is 4.94. The molecule has 3 rings (SSSR count). The molecule has 2 aliphatic heterocycles. The minimum absolute atomic E-state index is 0.0298. The van der Waals surface area contributed by atoms with Gasteiger partial charge in [-0.25, -0.2) is 4.79 Å². The van der Waals surface area contributed by atoms with Gasteiger partial charge >= 0.3 is 6.03 Å². The molecule has 2 aliphatic rings. The molecule has 0 bridgehead atoms. The van der Waals surface area contributed by atoms with Gasteiger partial charge < -0.3 is 29.5 Å². The number of anilines is 2. The Kier molecular flexibility index (Phi) is 6.96. The van der Waals surface area contributed by atoms with E-state index in [0.29, 0.717) is 13.2 Å². The molecule has 1 aromatic rings. The fraction of sp³-hybridized carbons (Fsp3) is 0.632. The van der Waals surface area contributed by atoms with Crippen LogP contribution in [0.1, 0.15) is 6.42 Å². The lowest BCUT2D eigenvalue weighted by Gasteiger charge is -2.39. The smallest absolute Gasteiger partial charge is 0.317 e. The third-order valence-corrected chi connectivity index (χ3v) is 4.94. The van der Waals surface area contributed by atoms with Crippen LogP contribution in [0.2, 0.25) is 0 Å². The minimum Gasteiger partial charge on any atom is -0.385 e. The number of morpholine rings is 1. The van der Waals surface area contributed by atoms with E-state index >= 15 is 0 Å². The van der Waals surface area contributed by atoms with Crippen molar-refractivity contribution in [3.63, 3.8) is 0 Å². The van der Waals surface area contributed by atoms with E-state index in [1.165, 1.54) is 11.4 Å². The van der Waals surface area contributed by atoms with Crippen LogP contribution in [0.3, 0.4) is 0 Å². The first-order valence-corrected chi connectivity index (χ1v) is 9.48. The predicted octanol–water partition coefficient (Wildman–Crippen LogP) is 1.39. The standard InChI is InChI=1S/C19H30N4O3/c1-25-14-4-7-20-19(24)23-10-8-21(9-11-23)17-5-2-3-6-18(17)22-12-15-26-16-13-22/h2-3,5-6H,4,7-16H2,1H3,(H,20,24). The highest BCUT2D eigenvalue weighted by Crippen LogP contribution is 2.30. The highest BCUT2D eigenvalue weighted by atomic mass is 16.5. The molecule has 26 heavy (non-hydrogen) atoms. The Balaban J connectivity index is 1.54. The maximum absolute atomic E-state index is 12.3. The monoisotopic (exact) mass is 362 g/mol. The zero-order valence-corrected chi connectivity index (χ0v) is 15.7. The molecule has 2 amide bonds. The van der Waals surface area contributed by atoms with E-state index in [0.717, 1.165) is 58.9 Å². The second-order valence-electron chi connectivity index (χ2n) is 6.64. The molecule has 144 valence electrons. The molecule has 0 aliphatic carbocycles. The Labute approximate surface area is 155 Å². The number of rotatable bonds is 6. The fourth-order valence-electron chi connectivity index (χ4n) is 3.48. The summed E-state index contributed by atoms with van der Waals surface area (Å²) >= 11 is 0. The van der Waals surface area contributed by atoms with Gasteiger partial charge in [-0.05, 0) is 18.6 Å². The van der Waals surface area contributed by atoms with Crippen LogP contribution in [0.15, 0.2) is 24.3 Å². The number of methoxy groups -OCH3 is 1. The number of nitrogens with zero attached hydrogens (tertiary/aromatic N) is 3. The number of piperazine rings is 1. The molecule has 0 atom stereocenters. The molecular weight excluding hydrogens is 332 g/mol. The molecule has 0 unspecified atom stereocenters. The van der Waals surface area contributed by atoms with Crippen LogP contribution in [-0.4, -0.2) is 83.7 Å². The lowest BCUT2D eigenvalue weighted by atomic mass is 10.2. The van der Waals surface area contributed by atoms with E-state index in [1.807, 2.05) is 4.90 Å². The number of hydrogen-bond acceptors (Lipinski definition) is 5. The number of ether oxygens (including phenoxy) is 2. The summed E-state index contributed by atoms with van der Waals surface area (Å²) < 4.78 is 10.5. The van der Waals surface area contributed by atoms with E-state index in [1.54, 1.807) is 7.11 Å². The van der Waals surface area contributed by atoms with Crippen LogP contribution in [0, 0.1) is 0 Å². The van der Waals surface area contributed by atoms with Gasteiger partial charge in [-0.2, -0.15) is 0 Å². The number of nitrogens with one attached hydrogen (secondary N) is 1. The van der Waals surface area contributed by atoms with Gasteiger partial charge in [-0.15, -0.1) is 0 Å². The zero-order chi connectivity index (χ0) is 18.2. The van der Waals surface area contributed by atoms with Gasteiger partial charge in [0.2, 0.25) is 0 Å². The Morgan fingerprint density at radius 3 is 2.27 bits per heavy atom. The van der Waals surface area contributed by atoms with Gasteiger partial charge in [0.1, 0.15) is 0 Å². The first kappa shape index (κ1) is 18.8. The number of para-hydroxylation sites is 2. The van der Waals surface area contributed by atoms with E-state index in [9.17, 15) is 4.79 Å². The van der Waals surface area contributed by atoms with Crippen LogP contribution in [0.4, 0.5) is 16.2 Å². The maximum Gasteiger partial charge on any atom is 0.317 e. The Bertz CT molecular complexity index is 570. The number of carbonyl (C=O) groups is 1. The lowest BCUT2D eigenvalue weighted by molar-refractivity contribution is 0.122. The molecule has 7 nitrogen and oxygen atoms in total. The number of hydrogen-bond donors (Lipinski definition) is 1. The number of benzene rings is 1. The molecule has 0 radical (unpaired) electrons. The third kappa shape index (κ3) is 4.80. The average molecular weight is 362 g/mol. The molecular formula is C19H30N4O3. The number of amides is 2. The number of carbonyl (C=O) groups excluding carboxylic acids is 1. The minimum atomic E-state index is 0.0298. The van der Waals surface area contributed by atoms with E-state index < -0.39 is 0 Å². The fourth-order valence-corrected chi connectivity index (χ4v) is 3.48. The van der Waals surface area contributed by atoms with Crippen molar-refractivity contribution >= 4 is 17.4 Å². The van der Waals surface area contributed by atoms with Crippen LogP contribution in [0.25, 0.3) is 0 Å². The SMILES string of the molecule is COCCCNC(=O)N1CCN(c2ccccc2N2CCOCC2)CC1. The van der Waals surface area contributed by atoms with E-state index in [-0.39, 0.29) is 6.03 Å². The van der Waals surface area contributed by atoms with E-state index in [4.69, 9.17) is 9.47 Å². The van der Waals surface area contributed by atoms with Crippen molar-refractivity contribution in [2.75, 3.05) is 82.5 Å². The van der Waals surface area contributed by atoms with Crippen molar-refractivity contribution in [2.45, 2.75) is 6.42 Å². The Hall–Kier alpha value is -1.99. The Morgan fingerprint density at radius 1 is 1.04 bits per heavy atom. The summed E-state index contributed by atoms with van der Waals surface area (Å²) in [5.74, 6) is 0. The van der Waals surface area contributed by atoms with Crippen molar-refractivity contribution in [3.05, 3.63) is 24.3 Å². The van der Waals surface area contributed by atoms with Crippen LogP contribution >= 0.6 is 0 Å². The van der Waals surface area contributed by atoms with Crippen molar-refractivity contribution in [1.82, 2.24) is 10.2 Å². The molecule has 2 saturated heterocycles. The highest BCUT2D eigenvalue weighted by molar-refractivity contribution is 5.75. The highest BCUT2D eigenvalue weighted by Gasteiger charge is 2.24. The molecule has 1 aromatic carbocycles. The van der Waals surface area contributed by atoms with Crippen LogP contribution in [0.5, 0.6) is 0 Å². The number of urea groups is 1. The van der Waals surface area contributed by atoms with Gasteiger partial charge in [-0.1, -0.05) is 12.1 Å². The molecule has 0 saturated carbocycles. The molecule has 0 spiro atoms. The average Bonchev–Trinajstić information content (AvgIpc) is 2.72. The summed E-state index contributed by atoms with van der Waals surface area (Å²) in [6.45, 7) is 7.96. The summed E-state index contributed by atoms with van der Waals surface area (Å²) in [4.78, 5) is 18.9. The summed E-state index contributed by atoms with van der Waals surface area (Å²) in [5, 5.41) is 2.97. The van der Waals surface area contributed by atoms with Crippen molar-refractivity contribution < 1.29 is 14.3 Å². The second kappa shape index (κ2) is 9.64. The first-order valence-electron chi connectivity index (χ1n) is 9.48. The Morgan fingerprint density at radius 2 is 1.65 bits per heavy atom. The molecule has 0 aromatic heterocycles. The summed E-state index contributed by atoms with van der Waals surface area (Å²) in [5.41, 5.74) is 2.53. The normalized spacial score (nSPS) is 18.1. The predicted molar refractivity (Wildman–Crippen MR) is 103 cm³/mol. The molecule has 1 N–H and O–H groups in total. The quantitative estimate of drug-likeness (QED) is 0.775. The van der Waals surface area contributed by atoms with Crippen molar-refractivity contribution in [3.8, 4) is 0 Å². The van der Waals surface area contributed by atoms with Crippen LogP contribution in [-0.2, 0) is 9.47 Å². The van der Waals surface area contributed by atoms with Gasteiger partial charge in [0, 0.05) is 59.5 Å². The maximum atomic E-state index is 12.3. The molecule has 2 fully saturated rings. The van der Waals surface area contributed by atoms with E-state index in [2.05, 4.69) is 39.4 Å². The first-order chi connectivity index (χ1) is 12.8. The van der Waals surface area contributed by atoms with Gasteiger partial charge in [0.15, 0.2) is 0 Å². The molecule has 7 heteroatoms. The van der Waals surface area contributed by atoms with Crippen molar-refractivity contribution in [2.24, 2.45) is 0 Å². The largest absolute Gasteiger partial charge is 0.385 e. The summed E-state index contributed by atoms with van der Waals surface area (Å²) in [7, 11) is 1.68. The topological polar surface area (TPSA) is 57.3 Å². The van der Waals surface area contributed by atoms with Crippen LogP contribution < -0.4 is 15.1 Å². The second-order valence-corrected chi connectivity index (χ2v) is 6.64. The lowest BCUT2D eigenvalue weighted by Crippen LogP contribution is -2.52.